The number of rotatable bonds is 4. The van der Waals surface area contributed by atoms with Crippen LogP contribution in [0.25, 0.3) is 16.9 Å². The van der Waals surface area contributed by atoms with Crippen LogP contribution in [0.1, 0.15) is 16.8 Å². The van der Waals surface area contributed by atoms with E-state index >= 15 is 0 Å². The van der Waals surface area contributed by atoms with Gasteiger partial charge >= 0.3 is 0 Å². The zero-order valence-electron chi connectivity index (χ0n) is 16.2. The predicted molar refractivity (Wildman–Crippen MR) is 104 cm³/mol. The Morgan fingerprint density at radius 2 is 1.89 bits per heavy atom. The van der Waals surface area contributed by atoms with Crippen LogP contribution in [0.3, 0.4) is 0 Å². The third-order valence-corrected chi connectivity index (χ3v) is 5.42. The fraction of sp³-hybridized carbons (Fsp3) is 0.450. The lowest BCUT2D eigenvalue weighted by Gasteiger charge is -2.26. The second-order valence-corrected chi connectivity index (χ2v) is 7.18. The number of aryl methyl sites for hydroxylation is 2. The van der Waals surface area contributed by atoms with E-state index in [1.54, 1.807) is 6.33 Å². The Bertz CT molecular complexity index is 1030. The monoisotopic (exact) mass is 366 g/mol. The third kappa shape index (κ3) is 3.28. The first-order valence-corrected chi connectivity index (χ1v) is 9.41. The van der Waals surface area contributed by atoms with E-state index in [4.69, 9.17) is 15.1 Å². The first-order valence-electron chi connectivity index (χ1n) is 9.41. The van der Waals surface area contributed by atoms with Crippen LogP contribution in [-0.2, 0) is 11.3 Å². The van der Waals surface area contributed by atoms with Gasteiger partial charge in [0.25, 0.3) is 0 Å². The van der Waals surface area contributed by atoms with Crippen LogP contribution in [0.4, 0.5) is 0 Å². The van der Waals surface area contributed by atoms with Crippen LogP contribution in [0.5, 0.6) is 0 Å². The van der Waals surface area contributed by atoms with Gasteiger partial charge in [0, 0.05) is 38.1 Å². The minimum atomic E-state index is 0.514. The molecule has 0 radical (unpaired) electrons. The number of pyridine rings is 1. The molecular formula is C20H26N6O. The first kappa shape index (κ1) is 17.9. The Kier molecular flexibility index (Phi) is 4.80. The van der Waals surface area contributed by atoms with Crippen molar-refractivity contribution in [3.63, 3.8) is 0 Å². The molecule has 142 valence electrons. The van der Waals surface area contributed by atoms with E-state index in [1.165, 1.54) is 0 Å². The van der Waals surface area contributed by atoms with E-state index in [9.17, 15) is 0 Å². The maximum Gasteiger partial charge on any atom is 0.151 e. The van der Waals surface area contributed by atoms with Gasteiger partial charge in [-0.15, -0.1) is 0 Å². The first-order chi connectivity index (χ1) is 13.1. The number of fused-ring (bicyclic) bond motifs is 1. The summed E-state index contributed by atoms with van der Waals surface area (Å²) >= 11 is 0. The molecule has 1 aliphatic heterocycles. The standard InChI is InChI=1S/C20H26N6O/c1-14-4-5-22-17(12-14)26-16(3)15(2)18-19(21)25(13-23-20(18)26)7-6-24-8-10-27-11-9-24/h4-5,12-13,21H,6-11H2,1-3H3. The number of nitrogens with zero attached hydrogens (tertiary/aromatic N) is 5. The van der Waals surface area contributed by atoms with Crippen LogP contribution in [0.15, 0.2) is 24.7 Å². The minimum absolute atomic E-state index is 0.514. The number of aromatic nitrogens is 4. The molecule has 1 aliphatic rings. The number of morpholine rings is 1. The van der Waals surface area contributed by atoms with Crippen molar-refractivity contribution in [1.82, 2.24) is 24.0 Å². The minimum Gasteiger partial charge on any atom is -0.379 e. The molecule has 27 heavy (non-hydrogen) atoms. The zero-order valence-corrected chi connectivity index (χ0v) is 16.2. The molecule has 7 nitrogen and oxygen atoms in total. The molecule has 3 aromatic rings. The summed E-state index contributed by atoms with van der Waals surface area (Å²) in [6.07, 6.45) is 3.61. The Morgan fingerprint density at radius 3 is 2.63 bits per heavy atom. The second-order valence-electron chi connectivity index (χ2n) is 7.18. The van der Waals surface area contributed by atoms with E-state index in [-0.39, 0.29) is 0 Å². The molecule has 1 saturated heterocycles. The van der Waals surface area contributed by atoms with Gasteiger partial charge in [0.2, 0.25) is 0 Å². The van der Waals surface area contributed by atoms with Gasteiger partial charge in [0.1, 0.15) is 11.3 Å². The van der Waals surface area contributed by atoms with Gasteiger partial charge in [-0.25, -0.2) is 9.97 Å². The summed E-state index contributed by atoms with van der Waals surface area (Å²) in [4.78, 5) is 11.6. The van der Waals surface area contributed by atoms with Gasteiger partial charge in [0.15, 0.2) is 5.65 Å². The largest absolute Gasteiger partial charge is 0.379 e. The van der Waals surface area contributed by atoms with Gasteiger partial charge in [0.05, 0.1) is 24.9 Å². The van der Waals surface area contributed by atoms with Crippen molar-refractivity contribution in [3.05, 3.63) is 47.0 Å². The van der Waals surface area contributed by atoms with Crippen LogP contribution in [0.2, 0.25) is 0 Å². The second kappa shape index (κ2) is 7.25. The van der Waals surface area contributed by atoms with Crippen LogP contribution >= 0.6 is 0 Å². The van der Waals surface area contributed by atoms with Crippen molar-refractivity contribution in [2.75, 3.05) is 32.8 Å². The van der Waals surface area contributed by atoms with Crippen molar-refractivity contribution in [2.45, 2.75) is 27.3 Å². The van der Waals surface area contributed by atoms with E-state index in [1.807, 2.05) is 16.8 Å². The number of ether oxygens (including phenoxy) is 1. The van der Waals surface area contributed by atoms with Crippen LogP contribution in [-0.4, -0.2) is 56.9 Å². The summed E-state index contributed by atoms with van der Waals surface area (Å²) in [7, 11) is 0. The summed E-state index contributed by atoms with van der Waals surface area (Å²) in [5.74, 6) is 0.851. The molecular weight excluding hydrogens is 340 g/mol. The lowest BCUT2D eigenvalue weighted by Crippen LogP contribution is -2.39. The molecule has 0 aliphatic carbocycles. The van der Waals surface area contributed by atoms with Crippen molar-refractivity contribution in [2.24, 2.45) is 0 Å². The lowest BCUT2D eigenvalue weighted by atomic mass is 10.2. The Morgan fingerprint density at radius 1 is 1.11 bits per heavy atom. The molecule has 0 spiro atoms. The molecule has 0 unspecified atom stereocenters. The van der Waals surface area contributed by atoms with E-state index in [0.29, 0.717) is 5.49 Å². The summed E-state index contributed by atoms with van der Waals surface area (Å²) in [5.41, 5.74) is 4.64. The number of hydrogen-bond donors (Lipinski definition) is 1. The van der Waals surface area contributed by atoms with Gasteiger partial charge < -0.3 is 9.30 Å². The quantitative estimate of drug-likeness (QED) is 0.766. The molecule has 3 aromatic heterocycles. The maximum absolute atomic E-state index is 8.76. The molecule has 1 N–H and O–H groups in total. The van der Waals surface area contributed by atoms with Crippen molar-refractivity contribution in [1.29, 1.82) is 5.41 Å². The Hall–Kier alpha value is -2.51. The van der Waals surface area contributed by atoms with Crippen LogP contribution < -0.4 is 5.49 Å². The maximum atomic E-state index is 8.76. The molecule has 0 bridgehead atoms. The van der Waals surface area contributed by atoms with Crippen molar-refractivity contribution < 1.29 is 4.74 Å². The summed E-state index contributed by atoms with van der Waals surface area (Å²) in [6.45, 7) is 11.4. The molecule has 0 saturated carbocycles. The average molecular weight is 366 g/mol. The van der Waals surface area contributed by atoms with E-state index < -0.39 is 0 Å². The SMILES string of the molecule is Cc1ccnc(-n2c(C)c(C)c3c(=N)n(CCN4CCOCC4)cnc32)c1. The van der Waals surface area contributed by atoms with Crippen molar-refractivity contribution >= 4 is 11.0 Å². The van der Waals surface area contributed by atoms with Gasteiger partial charge in [-0.05, 0) is 44.0 Å². The highest BCUT2D eigenvalue weighted by molar-refractivity contribution is 5.82. The van der Waals surface area contributed by atoms with E-state index in [0.717, 1.165) is 73.1 Å². The number of hydrogen-bond acceptors (Lipinski definition) is 5. The highest BCUT2D eigenvalue weighted by atomic mass is 16.5. The zero-order chi connectivity index (χ0) is 19.0. The average Bonchev–Trinajstić information content (AvgIpc) is 2.93. The highest BCUT2D eigenvalue weighted by Gasteiger charge is 2.17. The smallest absolute Gasteiger partial charge is 0.151 e. The predicted octanol–water partition coefficient (Wildman–Crippen LogP) is 1.96. The highest BCUT2D eigenvalue weighted by Crippen LogP contribution is 2.24. The fourth-order valence-electron chi connectivity index (χ4n) is 3.68. The summed E-state index contributed by atoms with van der Waals surface area (Å²) in [6, 6.07) is 4.04. The normalized spacial score (nSPS) is 15.5. The van der Waals surface area contributed by atoms with Gasteiger partial charge in [-0.2, -0.15) is 0 Å². The molecule has 1 fully saturated rings. The van der Waals surface area contributed by atoms with Gasteiger partial charge in [-0.3, -0.25) is 14.9 Å². The topological polar surface area (TPSA) is 72.0 Å². The molecule has 4 heterocycles. The molecule has 0 aromatic carbocycles. The Balaban J connectivity index is 1.73. The molecule has 0 atom stereocenters. The van der Waals surface area contributed by atoms with Crippen LogP contribution in [0, 0.1) is 26.2 Å². The molecule has 0 amide bonds. The Labute approximate surface area is 158 Å². The molecule has 7 heteroatoms. The number of nitrogens with one attached hydrogen (secondary N) is 1. The van der Waals surface area contributed by atoms with Gasteiger partial charge in [-0.1, -0.05) is 0 Å². The van der Waals surface area contributed by atoms with Crippen molar-refractivity contribution in [3.8, 4) is 5.82 Å². The van der Waals surface area contributed by atoms with E-state index in [2.05, 4.69) is 41.3 Å². The lowest BCUT2D eigenvalue weighted by molar-refractivity contribution is 0.0362. The summed E-state index contributed by atoms with van der Waals surface area (Å²) < 4.78 is 9.41. The molecule has 4 rings (SSSR count). The fourth-order valence-corrected chi connectivity index (χ4v) is 3.68. The summed E-state index contributed by atoms with van der Waals surface area (Å²) in [5, 5.41) is 9.66. The third-order valence-electron chi connectivity index (χ3n) is 5.42.